The second kappa shape index (κ2) is 38.6. The van der Waals surface area contributed by atoms with Crippen molar-refractivity contribution in [3.05, 3.63) is 12.7 Å². The van der Waals surface area contributed by atoms with Crippen LogP contribution in [0.1, 0.15) is 193 Å². The summed E-state index contributed by atoms with van der Waals surface area (Å²) in [6.45, 7) is 6.38. The van der Waals surface area contributed by atoms with Crippen LogP contribution in [0.4, 0.5) is 4.39 Å². The van der Waals surface area contributed by atoms with Gasteiger partial charge in [0.05, 0.1) is 19.0 Å². The fourth-order valence-corrected chi connectivity index (χ4v) is 6.26. The van der Waals surface area contributed by atoms with Crippen LogP contribution in [0.3, 0.4) is 0 Å². The number of hydrogen-bond acceptors (Lipinski definition) is 4. The van der Waals surface area contributed by atoms with Crippen molar-refractivity contribution in [2.45, 2.75) is 193 Å². The largest absolute Gasteiger partial charge is 0.327 e. The van der Waals surface area contributed by atoms with Crippen LogP contribution in [-0.2, 0) is 14.3 Å². The third-order valence-electron chi connectivity index (χ3n) is 7.96. The van der Waals surface area contributed by atoms with Crippen LogP contribution in [0.15, 0.2) is 12.7 Å². The van der Waals surface area contributed by atoms with Crippen molar-refractivity contribution in [3.8, 4) is 0 Å². The van der Waals surface area contributed by atoms with Gasteiger partial charge in [0, 0.05) is 6.54 Å². The van der Waals surface area contributed by atoms with Gasteiger partial charge in [-0.1, -0.05) is 180 Å². The molecule has 0 aliphatic heterocycles. The highest BCUT2D eigenvalue weighted by Crippen LogP contribution is 2.15. The van der Waals surface area contributed by atoms with Gasteiger partial charge in [0.25, 0.3) is 10.1 Å². The Morgan fingerprint density at radius 2 is 0.833 bits per heavy atom. The third kappa shape index (κ3) is 41.7. The first-order chi connectivity index (χ1) is 20.5. The van der Waals surface area contributed by atoms with Gasteiger partial charge in [-0.05, 0) is 19.3 Å². The normalized spacial score (nSPS) is 11.4. The fourth-order valence-electron chi connectivity index (χ4n) is 5.21. The van der Waals surface area contributed by atoms with E-state index in [2.05, 4.69) is 13.5 Å². The zero-order valence-corrected chi connectivity index (χ0v) is 29.0. The van der Waals surface area contributed by atoms with E-state index >= 15 is 0 Å². The molecule has 0 rings (SSSR count). The number of rotatable bonds is 34. The lowest BCUT2D eigenvalue weighted by atomic mass is 10.0. The first-order valence-corrected chi connectivity index (χ1v) is 19.9. The minimum atomic E-state index is -3.35. The van der Waals surface area contributed by atoms with Crippen LogP contribution in [0.5, 0.6) is 0 Å². The fraction of sp³-hybridized carbons (Fsp3) is 0.944. The lowest BCUT2D eigenvalue weighted by molar-refractivity contribution is 0.305. The standard InChI is InChI=1S/C33H67FO3S.C3H7N/c1-2-3-4-5-6-7-8-9-10-11-12-13-14-15-17-20-23-26-29-32-37-38(35,36)33-30-27-24-21-18-16-19-22-25-28-31-34;1-2-3-4/h2-33H2,1H3;2H,1,3-4H2. The van der Waals surface area contributed by atoms with Crippen molar-refractivity contribution >= 4 is 10.1 Å². The molecule has 0 fully saturated rings. The molecule has 42 heavy (non-hydrogen) atoms. The second-order valence-electron chi connectivity index (χ2n) is 12.2. The molecule has 0 spiro atoms. The maximum absolute atomic E-state index is 12.0. The molecular weight excluding hydrogens is 545 g/mol. The summed E-state index contributed by atoms with van der Waals surface area (Å²) in [6, 6.07) is 0. The molecule has 0 radical (unpaired) electrons. The Hall–Kier alpha value is -0.460. The van der Waals surface area contributed by atoms with E-state index < -0.39 is 10.1 Å². The molecule has 0 aliphatic carbocycles. The number of halogens is 1. The Morgan fingerprint density at radius 1 is 0.548 bits per heavy atom. The number of hydrogen-bond donors (Lipinski definition) is 1. The molecule has 0 amide bonds. The summed E-state index contributed by atoms with van der Waals surface area (Å²) in [6.07, 6.45) is 37.5. The first kappa shape index (κ1) is 43.7. The quantitative estimate of drug-likeness (QED) is 0.0442. The highest BCUT2D eigenvalue weighted by atomic mass is 32.2. The summed E-state index contributed by atoms with van der Waals surface area (Å²) in [7, 11) is -3.35. The first-order valence-electron chi connectivity index (χ1n) is 18.3. The van der Waals surface area contributed by atoms with E-state index in [1.807, 2.05) is 0 Å². The van der Waals surface area contributed by atoms with E-state index in [-0.39, 0.29) is 12.4 Å². The summed E-state index contributed by atoms with van der Waals surface area (Å²) in [4.78, 5) is 0. The molecule has 0 saturated heterocycles. The summed E-state index contributed by atoms with van der Waals surface area (Å²) >= 11 is 0. The molecule has 0 aromatic rings. The number of unbranched alkanes of at least 4 members (excludes halogenated alkanes) is 27. The average Bonchev–Trinajstić information content (AvgIpc) is 2.99. The molecule has 0 aromatic heterocycles. The summed E-state index contributed by atoms with van der Waals surface area (Å²) in [5.41, 5.74) is 4.91. The van der Waals surface area contributed by atoms with Gasteiger partial charge >= 0.3 is 0 Å². The molecule has 0 aliphatic rings. The molecule has 254 valence electrons. The highest BCUT2D eigenvalue weighted by Gasteiger charge is 2.10. The smallest absolute Gasteiger partial charge is 0.267 e. The van der Waals surface area contributed by atoms with Gasteiger partial charge in [-0.2, -0.15) is 8.42 Å². The molecular formula is C36H74FNO3S. The molecule has 0 heterocycles. The van der Waals surface area contributed by atoms with E-state index in [1.165, 1.54) is 135 Å². The topological polar surface area (TPSA) is 69.4 Å². The average molecular weight is 620 g/mol. The molecule has 4 nitrogen and oxygen atoms in total. The minimum Gasteiger partial charge on any atom is -0.327 e. The van der Waals surface area contributed by atoms with Crippen molar-refractivity contribution in [2.24, 2.45) is 5.73 Å². The van der Waals surface area contributed by atoms with Crippen molar-refractivity contribution in [1.82, 2.24) is 0 Å². The Labute approximate surface area is 263 Å². The monoisotopic (exact) mass is 620 g/mol. The van der Waals surface area contributed by atoms with E-state index in [9.17, 15) is 12.8 Å². The Bertz CT molecular complexity index is 600. The molecule has 2 N–H and O–H groups in total. The van der Waals surface area contributed by atoms with Gasteiger partial charge in [0.2, 0.25) is 0 Å². The molecule has 6 heteroatoms. The van der Waals surface area contributed by atoms with Crippen molar-refractivity contribution in [1.29, 1.82) is 0 Å². The van der Waals surface area contributed by atoms with E-state index in [4.69, 9.17) is 9.92 Å². The molecule has 0 bridgehead atoms. The molecule has 0 atom stereocenters. The maximum Gasteiger partial charge on any atom is 0.267 e. The van der Waals surface area contributed by atoms with E-state index in [0.29, 0.717) is 26.0 Å². The van der Waals surface area contributed by atoms with Gasteiger partial charge in [0.15, 0.2) is 0 Å². The molecule has 0 aromatic carbocycles. The van der Waals surface area contributed by atoms with Crippen molar-refractivity contribution < 1.29 is 17.0 Å². The van der Waals surface area contributed by atoms with Crippen LogP contribution in [0.25, 0.3) is 0 Å². The summed E-state index contributed by atoms with van der Waals surface area (Å²) < 4.78 is 41.3. The predicted molar refractivity (Wildman–Crippen MR) is 185 cm³/mol. The van der Waals surface area contributed by atoms with Gasteiger partial charge in [0.1, 0.15) is 0 Å². The Balaban J connectivity index is 0. The predicted octanol–water partition coefficient (Wildman–Crippen LogP) is 11.8. The van der Waals surface area contributed by atoms with Gasteiger partial charge in [-0.3, -0.25) is 8.57 Å². The van der Waals surface area contributed by atoms with Gasteiger partial charge in [-0.15, -0.1) is 6.58 Å². The second-order valence-corrected chi connectivity index (χ2v) is 14.0. The SMILES string of the molecule is C=CCN.CCCCCCCCCCCCCCCCCCCCCOS(=O)(=O)CCCCCCCCCCCCF. The zero-order chi connectivity index (χ0) is 31.2. The van der Waals surface area contributed by atoms with Gasteiger partial charge in [-0.25, -0.2) is 0 Å². The van der Waals surface area contributed by atoms with E-state index in [1.54, 1.807) is 6.08 Å². The Morgan fingerprint density at radius 3 is 1.14 bits per heavy atom. The lowest BCUT2D eigenvalue weighted by Crippen LogP contribution is -2.11. The number of alkyl halides is 1. The lowest BCUT2D eigenvalue weighted by Gasteiger charge is -2.06. The van der Waals surface area contributed by atoms with Crippen LogP contribution in [-0.4, -0.2) is 34.0 Å². The molecule has 0 saturated carbocycles. The molecule has 0 unspecified atom stereocenters. The van der Waals surface area contributed by atoms with Crippen molar-refractivity contribution in [3.63, 3.8) is 0 Å². The maximum atomic E-state index is 12.0. The van der Waals surface area contributed by atoms with Crippen LogP contribution in [0, 0.1) is 0 Å². The summed E-state index contributed by atoms with van der Waals surface area (Å²) in [5, 5.41) is 0. The van der Waals surface area contributed by atoms with Crippen molar-refractivity contribution in [2.75, 3.05) is 25.6 Å². The van der Waals surface area contributed by atoms with Crippen LogP contribution in [0.2, 0.25) is 0 Å². The Kier molecular flexibility index (Phi) is 40.1. The number of nitrogens with two attached hydrogens (primary N) is 1. The minimum absolute atomic E-state index is 0.162. The third-order valence-corrected chi connectivity index (χ3v) is 9.27. The van der Waals surface area contributed by atoms with Crippen LogP contribution < -0.4 is 5.73 Å². The van der Waals surface area contributed by atoms with Crippen LogP contribution >= 0.6 is 0 Å². The summed E-state index contributed by atoms with van der Waals surface area (Å²) in [5.74, 6) is 0.162. The van der Waals surface area contributed by atoms with Gasteiger partial charge < -0.3 is 5.73 Å². The van der Waals surface area contributed by atoms with E-state index in [0.717, 1.165) is 38.5 Å². The highest BCUT2D eigenvalue weighted by molar-refractivity contribution is 7.86. The zero-order valence-electron chi connectivity index (χ0n) is 28.2.